The van der Waals surface area contributed by atoms with Gasteiger partial charge in [0.15, 0.2) is 11.1 Å². The minimum Gasteiger partial charge on any atom is -0.475 e. The van der Waals surface area contributed by atoms with Crippen molar-refractivity contribution in [1.82, 2.24) is 0 Å². The standard InChI is InChI=1S/C12H16Cl2O2.C8H16O/c1-3-11(13)15-9-6-5-7-10(8-9)16-12(14)4-2;1-3-5-6-8-9-7-4-2/h5-8,11-12H,3-4H2,1-2H3;4H,2-3,5-8H2,1H3. The maximum absolute atomic E-state index is 5.90. The van der Waals surface area contributed by atoms with Crippen LogP contribution in [0.25, 0.3) is 0 Å². The molecule has 2 unspecified atom stereocenters. The fourth-order valence-electron chi connectivity index (χ4n) is 1.70. The monoisotopic (exact) mass is 390 g/mol. The topological polar surface area (TPSA) is 27.7 Å². The number of rotatable bonds is 12. The van der Waals surface area contributed by atoms with E-state index in [4.69, 9.17) is 37.4 Å². The molecule has 0 aliphatic rings. The van der Waals surface area contributed by atoms with Crippen LogP contribution in [0.5, 0.6) is 11.5 Å². The molecule has 1 aromatic carbocycles. The molecule has 0 N–H and O–H groups in total. The highest BCUT2D eigenvalue weighted by Gasteiger charge is 2.06. The van der Waals surface area contributed by atoms with Gasteiger partial charge in [0.25, 0.3) is 0 Å². The molecular weight excluding hydrogens is 359 g/mol. The first-order valence-electron chi connectivity index (χ1n) is 8.97. The van der Waals surface area contributed by atoms with Gasteiger partial charge < -0.3 is 14.2 Å². The summed E-state index contributed by atoms with van der Waals surface area (Å²) in [4.78, 5) is 0. The van der Waals surface area contributed by atoms with Crippen molar-refractivity contribution in [2.24, 2.45) is 0 Å². The van der Waals surface area contributed by atoms with Crippen molar-refractivity contribution in [2.45, 2.75) is 64.0 Å². The lowest BCUT2D eigenvalue weighted by Gasteiger charge is -2.13. The highest BCUT2D eigenvalue weighted by molar-refractivity contribution is 6.20. The average Bonchev–Trinajstić information content (AvgIpc) is 2.62. The molecule has 0 aliphatic carbocycles. The zero-order valence-corrected chi connectivity index (χ0v) is 17.2. The lowest BCUT2D eigenvalue weighted by atomic mass is 10.3. The summed E-state index contributed by atoms with van der Waals surface area (Å²) < 4.78 is 16.1. The maximum Gasteiger partial charge on any atom is 0.171 e. The van der Waals surface area contributed by atoms with E-state index < -0.39 is 0 Å². The van der Waals surface area contributed by atoms with Crippen LogP contribution in [0.2, 0.25) is 0 Å². The molecule has 0 amide bonds. The van der Waals surface area contributed by atoms with E-state index in [2.05, 4.69) is 13.5 Å². The van der Waals surface area contributed by atoms with Crippen LogP contribution in [-0.4, -0.2) is 24.3 Å². The number of unbranched alkanes of at least 4 members (excludes halogenated alkanes) is 2. The molecule has 0 saturated heterocycles. The predicted octanol–water partition coefficient (Wildman–Crippen LogP) is 6.77. The second-order valence-corrected chi connectivity index (χ2v) is 6.39. The van der Waals surface area contributed by atoms with Gasteiger partial charge in [-0.1, -0.05) is 69.0 Å². The smallest absolute Gasteiger partial charge is 0.171 e. The molecule has 0 aromatic heterocycles. The van der Waals surface area contributed by atoms with Crippen molar-refractivity contribution >= 4 is 23.2 Å². The molecule has 1 rings (SSSR count). The van der Waals surface area contributed by atoms with Crippen molar-refractivity contribution in [1.29, 1.82) is 0 Å². The summed E-state index contributed by atoms with van der Waals surface area (Å²) in [5.41, 5.74) is -0.624. The molecule has 5 heteroatoms. The van der Waals surface area contributed by atoms with Gasteiger partial charge >= 0.3 is 0 Å². The van der Waals surface area contributed by atoms with Gasteiger partial charge in [-0.05, 0) is 31.4 Å². The van der Waals surface area contributed by atoms with Crippen molar-refractivity contribution in [2.75, 3.05) is 13.2 Å². The summed E-state index contributed by atoms with van der Waals surface area (Å²) in [5, 5.41) is 0. The Bertz CT molecular complexity index is 413. The third-order valence-electron chi connectivity index (χ3n) is 3.10. The molecule has 1 aromatic rings. The molecule has 0 aliphatic heterocycles. The summed E-state index contributed by atoms with van der Waals surface area (Å²) >= 11 is 11.8. The third-order valence-corrected chi connectivity index (χ3v) is 3.90. The van der Waals surface area contributed by atoms with Crippen LogP contribution in [0.3, 0.4) is 0 Å². The highest BCUT2D eigenvalue weighted by Crippen LogP contribution is 2.23. The molecule has 144 valence electrons. The van der Waals surface area contributed by atoms with E-state index in [9.17, 15) is 0 Å². The summed E-state index contributed by atoms with van der Waals surface area (Å²) in [6.07, 6.45) is 7.00. The van der Waals surface area contributed by atoms with Gasteiger partial charge in [0.2, 0.25) is 0 Å². The molecule has 0 bridgehead atoms. The van der Waals surface area contributed by atoms with E-state index in [1.165, 1.54) is 19.3 Å². The Morgan fingerprint density at radius 1 is 1.00 bits per heavy atom. The molecular formula is C20H32Cl2O3. The van der Waals surface area contributed by atoms with Crippen LogP contribution in [0.4, 0.5) is 0 Å². The summed E-state index contributed by atoms with van der Waals surface area (Å²) in [6, 6.07) is 7.32. The fourth-order valence-corrected chi connectivity index (χ4v) is 1.91. The molecule has 2 atom stereocenters. The Labute approximate surface area is 163 Å². The van der Waals surface area contributed by atoms with E-state index in [0.717, 1.165) is 19.4 Å². The Morgan fingerprint density at radius 2 is 1.56 bits per heavy atom. The van der Waals surface area contributed by atoms with Crippen LogP contribution in [0.15, 0.2) is 36.9 Å². The number of halogens is 2. The molecule has 0 saturated carbocycles. The van der Waals surface area contributed by atoms with Gasteiger partial charge in [-0.25, -0.2) is 0 Å². The number of hydrogen-bond donors (Lipinski definition) is 0. The van der Waals surface area contributed by atoms with Crippen LogP contribution in [0, 0.1) is 0 Å². The zero-order chi connectivity index (χ0) is 18.9. The highest BCUT2D eigenvalue weighted by atomic mass is 35.5. The molecule has 3 nitrogen and oxygen atoms in total. The zero-order valence-electron chi connectivity index (χ0n) is 15.7. The third kappa shape index (κ3) is 14.0. The fraction of sp³-hybridized carbons (Fsp3) is 0.600. The lowest BCUT2D eigenvalue weighted by molar-refractivity contribution is 0.158. The average molecular weight is 391 g/mol. The van der Waals surface area contributed by atoms with Crippen LogP contribution in [-0.2, 0) is 4.74 Å². The van der Waals surface area contributed by atoms with Crippen molar-refractivity contribution < 1.29 is 14.2 Å². The quantitative estimate of drug-likeness (QED) is 0.223. The Kier molecular flexibility index (Phi) is 16.0. The number of alkyl halides is 2. The normalized spacial score (nSPS) is 12.5. The second-order valence-electron chi connectivity index (χ2n) is 5.42. The summed E-state index contributed by atoms with van der Waals surface area (Å²) in [5.74, 6) is 1.39. The second kappa shape index (κ2) is 16.6. The van der Waals surface area contributed by atoms with E-state index >= 15 is 0 Å². The summed E-state index contributed by atoms with van der Waals surface area (Å²) in [7, 11) is 0. The lowest BCUT2D eigenvalue weighted by Crippen LogP contribution is -2.08. The largest absolute Gasteiger partial charge is 0.475 e. The first-order chi connectivity index (χ1) is 12.1. The van der Waals surface area contributed by atoms with E-state index in [1.54, 1.807) is 12.1 Å². The van der Waals surface area contributed by atoms with Gasteiger partial charge in [-0.3, -0.25) is 0 Å². The molecule has 25 heavy (non-hydrogen) atoms. The van der Waals surface area contributed by atoms with Gasteiger partial charge in [0.1, 0.15) is 11.5 Å². The van der Waals surface area contributed by atoms with Gasteiger partial charge in [-0.15, -0.1) is 6.58 Å². The van der Waals surface area contributed by atoms with Crippen molar-refractivity contribution in [3.05, 3.63) is 36.9 Å². The first-order valence-corrected chi connectivity index (χ1v) is 9.84. The van der Waals surface area contributed by atoms with Gasteiger partial charge in [0.05, 0.1) is 6.61 Å². The van der Waals surface area contributed by atoms with Crippen LogP contribution < -0.4 is 9.47 Å². The molecule has 0 heterocycles. The Hall–Kier alpha value is -0.900. The Morgan fingerprint density at radius 3 is 2.00 bits per heavy atom. The van der Waals surface area contributed by atoms with Crippen LogP contribution >= 0.6 is 23.2 Å². The summed E-state index contributed by atoms with van der Waals surface area (Å²) in [6.45, 7) is 11.3. The molecule has 0 spiro atoms. The number of benzene rings is 1. The molecule has 0 radical (unpaired) electrons. The van der Waals surface area contributed by atoms with Gasteiger partial charge in [-0.2, -0.15) is 0 Å². The first kappa shape index (κ1) is 24.1. The number of hydrogen-bond acceptors (Lipinski definition) is 3. The van der Waals surface area contributed by atoms with Crippen LogP contribution in [0.1, 0.15) is 52.9 Å². The van der Waals surface area contributed by atoms with Gasteiger partial charge in [0, 0.05) is 12.7 Å². The molecule has 0 fully saturated rings. The predicted molar refractivity (Wildman–Crippen MR) is 108 cm³/mol. The number of ether oxygens (including phenoxy) is 3. The van der Waals surface area contributed by atoms with E-state index in [0.29, 0.717) is 18.1 Å². The van der Waals surface area contributed by atoms with E-state index in [1.807, 2.05) is 32.0 Å². The SMILES string of the molecule is C=CCOCCCCC.CCC(Cl)Oc1cccc(OC(Cl)CC)c1. The van der Waals surface area contributed by atoms with Crippen molar-refractivity contribution in [3.8, 4) is 11.5 Å². The maximum atomic E-state index is 5.90. The van der Waals surface area contributed by atoms with Crippen molar-refractivity contribution in [3.63, 3.8) is 0 Å². The van der Waals surface area contributed by atoms with E-state index in [-0.39, 0.29) is 11.1 Å². The minimum absolute atomic E-state index is 0.312. The Balaban J connectivity index is 0.000000547. The minimum atomic E-state index is -0.312.